The average molecular weight is 233 g/mol. The van der Waals surface area contributed by atoms with Crippen LogP contribution >= 0.6 is 0 Å². The molecule has 0 unspecified atom stereocenters. The van der Waals surface area contributed by atoms with Crippen LogP contribution in [-0.2, 0) is 17.8 Å². The quantitative estimate of drug-likeness (QED) is 0.676. The number of aromatic nitrogens is 4. The second kappa shape index (κ2) is 5.06. The van der Waals surface area contributed by atoms with Gasteiger partial charge in [-0.25, -0.2) is 0 Å². The zero-order valence-electron chi connectivity index (χ0n) is 8.92. The number of nitrogens with zero attached hydrogens (tertiary/aromatic N) is 3. The highest BCUT2D eigenvalue weighted by Crippen LogP contribution is 2.11. The van der Waals surface area contributed by atoms with Gasteiger partial charge in [-0.15, -0.1) is 10.2 Å². The molecule has 0 aliphatic carbocycles. The minimum absolute atomic E-state index is 0.147. The van der Waals surface area contributed by atoms with Crippen LogP contribution in [0.25, 0.3) is 0 Å². The van der Waals surface area contributed by atoms with Gasteiger partial charge in [-0.2, -0.15) is 5.21 Å². The van der Waals surface area contributed by atoms with Crippen molar-refractivity contribution in [1.29, 1.82) is 0 Å². The predicted molar refractivity (Wildman–Crippen MR) is 57.8 cm³/mol. The van der Waals surface area contributed by atoms with E-state index in [1.54, 1.807) is 24.3 Å². The molecule has 1 aromatic carbocycles. The lowest BCUT2D eigenvalue weighted by Crippen LogP contribution is -2.25. The third-order valence-corrected chi connectivity index (χ3v) is 2.11. The Kier molecular flexibility index (Phi) is 3.29. The number of phenols is 1. The predicted octanol–water partition coefficient (Wildman–Crippen LogP) is -0.236. The summed E-state index contributed by atoms with van der Waals surface area (Å²) in [5.41, 5.74) is 0.746. The van der Waals surface area contributed by atoms with Crippen LogP contribution in [0.5, 0.6) is 5.75 Å². The summed E-state index contributed by atoms with van der Waals surface area (Å²) in [4.78, 5) is 11.5. The summed E-state index contributed by atoms with van der Waals surface area (Å²) in [5, 5.41) is 25.0. The largest absolute Gasteiger partial charge is 0.508 e. The molecule has 2 rings (SSSR count). The number of carbonyl (C=O) groups is 1. The normalized spacial score (nSPS) is 10.1. The summed E-state index contributed by atoms with van der Waals surface area (Å²) in [7, 11) is 0. The smallest absolute Gasteiger partial charge is 0.224 e. The number of aromatic amines is 1. The van der Waals surface area contributed by atoms with Crippen molar-refractivity contribution in [3.63, 3.8) is 0 Å². The first kappa shape index (κ1) is 11.1. The van der Waals surface area contributed by atoms with Crippen molar-refractivity contribution in [3.05, 3.63) is 35.7 Å². The van der Waals surface area contributed by atoms with Gasteiger partial charge in [0.25, 0.3) is 0 Å². The number of tetrazole rings is 1. The van der Waals surface area contributed by atoms with E-state index >= 15 is 0 Å². The lowest BCUT2D eigenvalue weighted by molar-refractivity contribution is -0.120. The Labute approximate surface area is 96.9 Å². The molecule has 2 aromatic rings. The van der Waals surface area contributed by atoms with Gasteiger partial charge in [0.2, 0.25) is 5.91 Å². The molecule has 0 saturated carbocycles. The van der Waals surface area contributed by atoms with Crippen LogP contribution < -0.4 is 5.32 Å². The van der Waals surface area contributed by atoms with Crippen molar-refractivity contribution in [3.8, 4) is 5.75 Å². The van der Waals surface area contributed by atoms with Gasteiger partial charge in [-0.3, -0.25) is 4.79 Å². The number of carbonyl (C=O) groups excluding carboxylic acids is 1. The van der Waals surface area contributed by atoms with E-state index in [-0.39, 0.29) is 24.6 Å². The van der Waals surface area contributed by atoms with Crippen LogP contribution in [0.4, 0.5) is 0 Å². The highest BCUT2D eigenvalue weighted by molar-refractivity contribution is 5.78. The summed E-state index contributed by atoms with van der Waals surface area (Å²) in [6.45, 7) is 0.230. The Morgan fingerprint density at radius 2 is 2.35 bits per heavy atom. The van der Waals surface area contributed by atoms with E-state index in [0.29, 0.717) is 5.82 Å². The van der Waals surface area contributed by atoms with E-state index in [9.17, 15) is 9.90 Å². The van der Waals surface area contributed by atoms with Crippen LogP contribution in [0.15, 0.2) is 24.3 Å². The molecule has 0 bridgehead atoms. The fourth-order valence-corrected chi connectivity index (χ4v) is 1.35. The summed E-state index contributed by atoms with van der Waals surface area (Å²) >= 11 is 0. The van der Waals surface area contributed by atoms with Crippen molar-refractivity contribution in [1.82, 2.24) is 25.9 Å². The molecular formula is C10H11N5O2. The van der Waals surface area contributed by atoms with Crippen molar-refractivity contribution >= 4 is 5.91 Å². The fraction of sp³-hybridized carbons (Fsp3) is 0.200. The van der Waals surface area contributed by atoms with Crippen LogP contribution in [0.2, 0.25) is 0 Å². The van der Waals surface area contributed by atoms with E-state index < -0.39 is 0 Å². The molecule has 3 N–H and O–H groups in total. The number of rotatable bonds is 4. The highest BCUT2D eigenvalue weighted by Gasteiger charge is 2.05. The first-order valence-electron chi connectivity index (χ1n) is 5.01. The Hall–Kier alpha value is -2.44. The molecule has 0 aliphatic heterocycles. The zero-order valence-corrected chi connectivity index (χ0v) is 8.92. The zero-order chi connectivity index (χ0) is 12.1. The van der Waals surface area contributed by atoms with Crippen molar-refractivity contribution in [2.45, 2.75) is 13.0 Å². The molecule has 1 amide bonds. The van der Waals surface area contributed by atoms with Gasteiger partial charge in [-0.1, -0.05) is 17.3 Å². The minimum atomic E-state index is -0.166. The molecule has 1 heterocycles. The van der Waals surface area contributed by atoms with Crippen LogP contribution in [0, 0.1) is 0 Å². The van der Waals surface area contributed by atoms with Crippen LogP contribution in [-0.4, -0.2) is 31.6 Å². The number of hydrogen-bond donors (Lipinski definition) is 3. The highest BCUT2D eigenvalue weighted by atomic mass is 16.3. The summed E-state index contributed by atoms with van der Waals surface area (Å²) < 4.78 is 0. The maximum atomic E-state index is 11.5. The SMILES string of the molecule is O=C(Cc1cccc(O)c1)NCc1nn[nH]n1. The number of benzene rings is 1. The Morgan fingerprint density at radius 3 is 3.06 bits per heavy atom. The topological polar surface area (TPSA) is 104 Å². The number of amides is 1. The van der Waals surface area contributed by atoms with Crippen molar-refractivity contribution in [2.75, 3.05) is 0 Å². The maximum Gasteiger partial charge on any atom is 0.224 e. The van der Waals surface area contributed by atoms with Crippen LogP contribution in [0.3, 0.4) is 0 Å². The average Bonchev–Trinajstić information content (AvgIpc) is 2.79. The van der Waals surface area contributed by atoms with Gasteiger partial charge in [0, 0.05) is 0 Å². The van der Waals surface area contributed by atoms with Gasteiger partial charge in [0.15, 0.2) is 5.82 Å². The number of nitrogens with one attached hydrogen (secondary N) is 2. The third-order valence-electron chi connectivity index (χ3n) is 2.11. The summed E-state index contributed by atoms with van der Waals surface area (Å²) in [6.07, 6.45) is 0.201. The molecule has 0 atom stereocenters. The van der Waals surface area contributed by atoms with Gasteiger partial charge < -0.3 is 10.4 Å². The molecule has 1 aromatic heterocycles. The van der Waals surface area contributed by atoms with E-state index in [2.05, 4.69) is 25.9 Å². The molecule has 17 heavy (non-hydrogen) atoms. The Bertz CT molecular complexity index is 497. The van der Waals surface area contributed by atoms with E-state index in [1.165, 1.54) is 0 Å². The lowest BCUT2D eigenvalue weighted by Gasteiger charge is -2.03. The number of hydrogen-bond acceptors (Lipinski definition) is 5. The third kappa shape index (κ3) is 3.26. The minimum Gasteiger partial charge on any atom is -0.508 e. The van der Waals surface area contributed by atoms with E-state index in [1.807, 2.05) is 0 Å². The number of H-pyrrole nitrogens is 1. The monoisotopic (exact) mass is 233 g/mol. The summed E-state index contributed by atoms with van der Waals surface area (Å²) in [5.74, 6) is 0.406. The standard InChI is InChI=1S/C10H11N5O2/c16-8-3-1-2-7(4-8)5-10(17)11-6-9-12-14-15-13-9/h1-4,16H,5-6H2,(H,11,17)(H,12,13,14,15). The Morgan fingerprint density at radius 1 is 1.47 bits per heavy atom. The second-order valence-electron chi connectivity index (χ2n) is 3.45. The fourth-order valence-electron chi connectivity index (χ4n) is 1.35. The molecule has 0 saturated heterocycles. The Balaban J connectivity index is 1.85. The van der Waals surface area contributed by atoms with Gasteiger partial charge in [-0.05, 0) is 17.7 Å². The van der Waals surface area contributed by atoms with E-state index in [0.717, 1.165) is 5.56 Å². The molecule has 7 heteroatoms. The first-order chi connectivity index (χ1) is 8.24. The molecular weight excluding hydrogens is 222 g/mol. The summed E-state index contributed by atoms with van der Waals surface area (Å²) in [6, 6.07) is 6.57. The molecule has 88 valence electrons. The lowest BCUT2D eigenvalue weighted by atomic mass is 10.1. The van der Waals surface area contributed by atoms with Gasteiger partial charge >= 0.3 is 0 Å². The number of phenolic OH excluding ortho intramolecular Hbond substituents is 1. The van der Waals surface area contributed by atoms with Crippen molar-refractivity contribution in [2.24, 2.45) is 0 Å². The maximum absolute atomic E-state index is 11.5. The molecule has 7 nitrogen and oxygen atoms in total. The molecule has 0 radical (unpaired) electrons. The van der Waals surface area contributed by atoms with Gasteiger partial charge in [0.1, 0.15) is 5.75 Å². The second-order valence-corrected chi connectivity index (χ2v) is 3.45. The van der Waals surface area contributed by atoms with E-state index in [4.69, 9.17) is 0 Å². The molecule has 0 aliphatic rings. The van der Waals surface area contributed by atoms with Gasteiger partial charge in [0.05, 0.1) is 13.0 Å². The molecule has 0 fully saturated rings. The van der Waals surface area contributed by atoms with Crippen molar-refractivity contribution < 1.29 is 9.90 Å². The molecule has 0 spiro atoms. The number of aromatic hydroxyl groups is 1. The first-order valence-corrected chi connectivity index (χ1v) is 5.01. The van der Waals surface area contributed by atoms with Crippen LogP contribution in [0.1, 0.15) is 11.4 Å².